The van der Waals surface area contributed by atoms with E-state index >= 15 is 0 Å². The fourth-order valence-electron chi connectivity index (χ4n) is 2.62. The van der Waals surface area contributed by atoms with E-state index in [9.17, 15) is 0 Å². The van der Waals surface area contributed by atoms with Crippen LogP contribution in [0.5, 0.6) is 0 Å². The van der Waals surface area contributed by atoms with Crippen molar-refractivity contribution in [3.05, 3.63) is 37.1 Å². The average molecular weight is 258 g/mol. The van der Waals surface area contributed by atoms with E-state index < -0.39 is 0 Å². The summed E-state index contributed by atoms with van der Waals surface area (Å²) in [4.78, 5) is 8.37. The van der Waals surface area contributed by atoms with Crippen LogP contribution in [-0.2, 0) is 5.54 Å². The molecule has 4 nitrogen and oxygen atoms in total. The number of nitrogens with two attached hydrogens (primary N) is 1. The molecule has 0 radical (unpaired) electrons. The van der Waals surface area contributed by atoms with Crippen molar-refractivity contribution in [2.75, 3.05) is 6.54 Å². The third kappa shape index (κ3) is 2.84. The number of aromatic nitrogens is 3. The molecule has 1 unspecified atom stereocenters. The minimum absolute atomic E-state index is 0.108. The van der Waals surface area contributed by atoms with Gasteiger partial charge in [-0.25, -0.2) is 4.98 Å². The molecule has 0 saturated carbocycles. The largest absolute Gasteiger partial charge is 0.328 e. The second kappa shape index (κ2) is 5.53. The van der Waals surface area contributed by atoms with E-state index in [1.165, 1.54) is 0 Å². The van der Waals surface area contributed by atoms with Gasteiger partial charge in [0.05, 0.1) is 23.8 Å². The Morgan fingerprint density at radius 1 is 1.26 bits per heavy atom. The fourth-order valence-corrected chi connectivity index (χ4v) is 2.62. The first-order valence-electron chi connectivity index (χ1n) is 6.70. The van der Waals surface area contributed by atoms with Crippen LogP contribution in [0.25, 0.3) is 11.3 Å². The Morgan fingerprint density at radius 2 is 1.95 bits per heavy atom. The highest BCUT2D eigenvalue weighted by molar-refractivity contribution is 5.58. The fraction of sp³-hybridized carbons (Fsp3) is 0.467. The maximum Gasteiger partial charge on any atom is 0.0956 e. The first-order chi connectivity index (χ1) is 9.07. The number of hydrogen-bond acceptors (Lipinski definition) is 3. The SMILES string of the molecule is CC(C)CC(C)(CN)n1cncc1-c1ccncc1. The molecule has 0 fully saturated rings. The van der Waals surface area contributed by atoms with Gasteiger partial charge < -0.3 is 10.3 Å². The van der Waals surface area contributed by atoms with Gasteiger partial charge in [-0.2, -0.15) is 0 Å². The predicted molar refractivity (Wildman–Crippen MR) is 77.6 cm³/mol. The molecule has 102 valence electrons. The predicted octanol–water partition coefficient (Wildman–Crippen LogP) is 2.67. The van der Waals surface area contributed by atoms with E-state index in [2.05, 4.69) is 35.3 Å². The molecule has 0 aliphatic heterocycles. The van der Waals surface area contributed by atoms with Gasteiger partial charge in [0.1, 0.15) is 0 Å². The third-order valence-corrected chi connectivity index (χ3v) is 3.48. The molecule has 19 heavy (non-hydrogen) atoms. The second-order valence-electron chi connectivity index (χ2n) is 5.68. The van der Waals surface area contributed by atoms with Crippen LogP contribution < -0.4 is 5.73 Å². The first kappa shape index (κ1) is 13.7. The number of rotatable bonds is 5. The van der Waals surface area contributed by atoms with E-state index in [1.807, 2.05) is 24.7 Å². The Hall–Kier alpha value is -1.68. The van der Waals surface area contributed by atoms with Crippen LogP contribution >= 0.6 is 0 Å². The lowest BCUT2D eigenvalue weighted by atomic mass is 9.90. The average Bonchev–Trinajstić information content (AvgIpc) is 2.88. The Balaban J connectivity index is 2.43. The topological polar surface area (TPSA) is 56.7 Å². The van der Waals surface area contributed by atoms with Crippen molar-refractivity contribution in [2.45, 2.75) is 32.7 Å². The quantitative estimate of drug-likeness (QED) is 0.897. The standard InChI is InChI=1S/C15H22N4/c1-12(2)8-15(3,10-16)19-11-18-9-14(19)13-4-6-17-7-5-13/h4-7,9,11-12H,8,10,16H2,1-3H3. The van der Waals surface area contributed by atoms with Crippen molar-refractivity contribution in [2.24, 2.45) is 11.7 Å². The molecular formula is C15H22N4. The maximum atomic E-state index is 6.03. The van der Waals surface area contributed by atoms with Crippen LogP contribution in [0, 0.1) is 5.92 Å². The molecule has 0 aromatic carbocycles. The molecule has 0 bridgehead atoms. The van der Waals surface area contributed by atoms with E-state index in [4.69, 9.17) is 5.73 Å². The summed E-state index contributed by atoms with van der Waals surface area (Å²) in [5, 5.41) is 0. The molecule has 4 heteroatoms. The number of imidazole rings is 1. The summed E-state index contributed by atoms with van der Waals surface area (Å²) in [5.74, 6) is 0.584. The monoisotopic (exact) mass is 258 g/mol. The molecular weight excluding hydrogens is 236 g/mol. The van der Waals surface area contributed by atoms with Crippen LogP contribution in [0.4, 0.5) is 0 Å². The molecule has 0 amide bonds. The van der Waals surface area contributed by atoms with Crippen molar-refractivity contribution >= 4 is 0 Å². The van der Waals surface area contributed by atoms with Gasteiger partial charge in [0.15, 0.2) is 0 Å². The molecule has 0 saturated heterocycles. The molecule has 2 aromatic heterocycles. The highest BCUT2D eigenvalue weighted by Crippen LogP contribution is 2.29. The van der Waals surface area contributed by atoms with Gasteiger partial charge in [-0.15, -0.1) is 0 Å². The summed E-state index contributed by atoms with van der Waals surface area (Å²) in [7, 11) is 0. The van der Waals surface area contributed by atoms with Crippen molar-refractivity contribution in [3.63, 3.8) is 0 Å². The molecule has 2 heterocycles. The summed E-state index contributed by atoms with van der Waals surface area (Å²) >= 11 is 0. The number of hydrogen-bond donors (Lipinski definition) is 1. The number of pyridine rings is 1. The van der Waals surface area contributed by atoms with Gasteiger partial charge in [0, 0.05) is 24.5 Å². The molecule has 0 aliphatic rings. The molecule has 2 aromatic rings. The Kier molecular flexibility index (Phi) is 4.00. The van der Waals surface area contributed by atoms with E-state index in [1.54, 1.807) is 12.4 Å². The third-order valence-electron chi connectivity index (χ3n) is 3.48. The Morgan fingerprint density at radius 3 is 2.53 bits per heavy atom. The molecule has 1 atom stereocenters. The zero-order valence-electron chi connectivity index (χ0n) is 11.9. The van der Waals surface area contributed by atoms with Crippen LogP contribution in [-0.4, -0.2) is 21.1 Å². The summed E-state index contributed by atoms with van der Waals surface area (Å²) in [6.45, 7) is 7.23. The minimum atomic E-state index is -0.108. The van der Waals surface area contributed by atoms with Crippen LogP contribution in [0.2, 0.25) is 0 Å². The summed E-state index contributed by atoms with van der Waals surface area (Å²) in [6, 6.07) is 4.00. The van der Waals surface area contributed by atoms with Gasteiger partial charge >= 0.3 is 0 Å². The normalized spacial score (nSPS) is 14.6. The first-order valence-corrected chi connectivity index (χ1v) is 6.70. The van der Waals surface area contributed by atoms with Crippen LogP contribution in [0.3, 0.4) is 0 Å². The van der Waals surface area contributed by atoms with Gasteiger partial charge in [-0.1, -0.05) is 13.8 Å². The summed E-state index contributed by atoms with van der Waals surface area (Å²) in [5.41, 5.74) is 8.14. The summed E-state index contributed by atoms with van der Waals surface area (Å²) < 4.78 is 2.20. The van der Waals surface area contributed by atoms with Gasteiger partial charge in [0.2, 0.25) is 0 Å². The molecule has 0 spiro atoms. The van der Waals surface area contributed by atoms with Gasteiger partial charge in [-0.3, -0.25) is 4.98 Å². The van der Waals surface area contributed by atoms with Crippen molar-refractivity contribution in [1.29, 1.82) is 0 Å². The molecule has 2 N–H and O–H groups in total. The summed E-state index contributed by atoms with van der Waals surface area (Å²) in [6.07, 6.45) is 8.40. The lowest BCUT2D eigenvalue weighted by molar-refractivity contribution is 0.267. The van der Waals surface area contributed by atoms with E-state index in [-0.39, 0.29) is 5.54 Å². The maximum absolute atomic E-state index is 6.03. The van der Waals surface area contributed by atoms with Crippen molar-refractivity contribution in [3.8, 4) is 11.3 Å². The van der Waals surface area contributed by atoms with E-state index in [0.29, 0.717) is 12.5 Å². The van der Waals surface area contributed by atoms with Crippen molar-refractivity contribution in [1.82, 2.24) is 14.5 Å². The lowest BCUT2D eigenvalue weighted by Gasteiger charge is -2.33. The zero-order chi connectivity index (χ0) is 13.9. The lowest BCUT2D eigenvalue weighted by Crippen LogP contribution is -2.39. The zero-order valence-corrected chi connectivity index (χ0v) is 11.9. The van der Waals surface area contributed by atoms with Crippen LogP contribution in [0.1, 0.15) is 27.2 Å². The second-order valence-corrected chi connectivity index (χ2v) is 5.68. The minimum Gasteiger partial charge on any atom is -0.328 e. The molecule has 2 rings (SSSR count). The Labute approximate surface area is 114 Å². The smallest absolute Gasteiger partial charge is 0.0956 e. The highest BCUT2D eigenvalue weighted by Gasteiger charge is 2.28. The van der Waals surface area contributed by atoms with Crippen molar-refractivity contribution < 1.29 is 0 Å². The highest BCUT2D eigenvalue weighted by atomic mass is 15.1. The Bertz CT molecular complexity index is 518. The molecule has 0 aliphatic carbocycles. The number of nitrogens with zero attached hydrogens (tertiary/aromatic N) is 3. The van der Waals surface area contributed by atoms with Gasteiger partial charge in [0.25, 0.3) is 0 Å². The van der Waals surface area contributed by atoms with Crippen LogP contribution in [0.15, 0.2) is 37.1 Å². The van der Waals surface area contributed by atoms with E-state index in [0.717, 1.165) is 17.7 Å². The van der Waals surface area contributed by atoms with Gasteiger partial charge in [-0.05, 0) is 31.4 Å².